The van der Waals surface area contributed by atoms with E-state index in [1.165, 1.54) is 12.3 Å². The molecule has 0 aliphatic carbocycles. The maximum Gasteiger partial charge on any atom is 0.437 e. The van der Waals surface area contributed by atoms with Crippen LogP contribution >= 0.6 is 0 Å². The minimum Gasteiger partial charge on any atom is -0.276 e. The lowest BCUT2D eigenvalue weighted by Gasteiger charge is -2.00. The van der Waals surface area contributed by atoms with Gasteiger partial charge >= 0.3 is 6.18 Å². The average Bonchev–Trinajstić information content (AvgIpc) is 2.45. The van der Waals surface area contributed by atoms with Crippen LogP contribution in [0.5, 0.6) is 0 Å². The molecular weight excluding hydrogens is 212 g/mol. The first-order valence-electron chi connectivity index (χ1n) is 4.11. The van der Waals surface area contributed by atoms with Crippen molar-refractivity contribution in [3.05, 3.63) is 35.5 Å². The van der Waals surface area contributed by atoms with Gasteiger partial charge in [0.2, 0.25) is 5.95 Å². The molecule has 2 nitrogen and oxygen atoms in total. The van der Waals surface area contributed by atoms with Gasteiger partial charge in [0.05, 0.1) is 0 Å². The quantitative estimate of drug-likeness (QED) is 0.621. The Morgan fingerprint density at radius 3 is 2.53 bits per heavy atom. The van der Waals surface area contributed by atoms with Crippen LogP contribution in [0.2, 0.25) is 0 Å². The molecule has 0 amide bonds. The van der Waals surface area contributed by atoms with Crippen LogP contribution in [0.4, 0.5) is 17.6 Å². The van der Waals surface area contributed by atoms with Gasteiger partial charge < -0.3 is 0 Å². The molecule has 80 valence electrons. The molecule has 0 N–H and O–H groups in total. The molecule has 2 aromatic heterocycles. The van der Waals surface area contributed by atoms with Gasteiger partial charge in [-0.25, -0.2) is 4.98 Å². The smallest absolute Gasteiger partial charge is 0.276 e. The number of hydrogen-bond donors (Lipinski definition) is 0. The fraction of sp³-hybridized carbons (Fsp3) is 0.222. The van der Waals surface area contributed by atoms with E-state index in [0.717, 1.165) is 4.40 Å². The number of aryl methyl sites for hydroxylation is 1. The highest BCUT2D eigenvalue weighted by atomic mass is 19.4. The van der Waals surface area contributed by atoms with E-state index in [0.29, 0.717) is 5.56 Å². The predicted octanol–water partition coefficient (Wildman–Crippen LogP) is 2.80. The lowest BCUT2D eigenvalue weighted by atomic mass is 10.3. The largest absolute Gasteiger partial charge is 0.437 e. The molecule has 0 saturated heterocycles. The Labute approximate surface area is 82.2 Å². The second-order valence-corrected chi connectivity index (χ2v) is 3.13. The summed E-state index contributed by atoms with van der Waals surface area (Å²) in [6, 6.07) is 3.04. The molecule has 6 heteroatoms. The zero-order valence-corrected chi connectivity index (χ0v) is 7.64. The Bertz CT molecular complexity index is 513. The monoisotopic (exact) mass is 218 g/mol. The Morgan fingerprint density at radius 2 is 2.00 bits per heavy atom. The zero-order chi connectivity index (χ0) is 11.2. The number of nitrogens with zero attached hydrogens (tertiary/aromatic N) is 2. The van der Waals surface area contributed by atoms with Crippen LogP contribution in [-0.4, -0.2) is 9.38 Å². The van der Waals surface area contributed by atoms with E-state index in [9.17, 15) is 17.6 Å². The molecule has 0 spiro atoms. The van der Waals surface area contributed by atoms with Crippen molar-refractivity contribution in [2.75, 3.05) is 0 Å². The van der Waals surface area contributed by atoms with E-state index in [-0.39, 0.29) is 5.65 Å². The number of pyridine rings is 1. The summed E-state index contributed by atoms with van der Waals surface area (Å²) in [5.74, 6) is -1.37. The van der Waals surface area contributed by atoms with E-state index in [1.54, 1.807) is 13.0 Å². The van der Waals surface area contributed by atoms with Gasteiger partial charge in [-0.2, -0.15) is 17.6 Å². The molecular formula is C9H6F4N2. The Hall–Kier alpha value is -1.59. The van der Waals surface area contributed by atoms with Crippen molar-refractivity contribution >= 4 is 5.65 Å². The van der Waals surface area contributed by atoms with Gasteiger partial charge in [0.25, 0.3) is 0 Å². The van der Waals surface area contributed by atoms with Crippen LogP contribution in [0.15, 0.2) is 18.3 Å². The number of aromatic nitrogens is 2. The van der Waals surface area contributed by atoms with Crippen LogP contribution in [0, 0.1) is 12.9 Å². The first kappa shape index (κ1) is 9.95. The third-order valence-electron chi connectivity index (χ3n) is 2.06. The summed E-state index contributed by atoms with van der Waals surface area (Å²) in [4.78, 5) is 3.25. The van der Waals surface area contributed by atoms with E-state index >= 15 is 0 Å². The lowest BCUT2D eigenvalue weighted by molar-refractivity contribution is -0.143. The topological polar surface area (TPSA) is 17.3 Å². The van der Waals surface area contributed by atoms with Gasteiger partial charge in [0.1, 0.15) is 5.65 Å². The molecule has 0 saturated carbocycles. The highest BCUT2D eigenvalue weighted by Crippen LogP contribution is 2.31. The van der Waals surface area contributed by atoms with Gasteiger partial charge in [-0.3, -0.25) is 4.40 Å². The first-order valence-corrected chi connectivity index (χ1v) is 4.11. The molecule has 0 aliphatic heterocycles. The summed E-state index contributed by atoms with van der Waals surface area (Å²) in [6.45, 7) is 1.57. The summed E-state index contributed by atoms with van der Waals surface area (Å²) < 4.78 is 51.0. The SMILES string of the molecule is Cc1cccn2c(F)c(C(F)(F)F)nc12. The summed E-state index contributed by atoms with van der Waals surface area (Å²) in [5, 5.41) is 0. The van der Waals surface area contributed by atoms with Crippen molar-refractivity contribution in [1.82, 2.24) is 9.38 Å². The molecule has 0 bridgehead atoms. The van der Waals surface area contributed by atoms with Gasteiger partial charge in [0.15, 0.2) is 5.69 Å². The summed E-state index contributed by atoms with van der Waals surface area (Å²) in [5.41, 5.74) is -0.994. The Balaban J connectivity index is 2.81. The molecule has 0 unspecified atom stereocenters. The lowest BCUT2D eigenvalue weighted by Crippen LogP contribution is -2.08. The van der Waals surface area contributed by atoms with Gasteiger partial charge in [-0.05, 0) is 18.6 Å². The fourth-order valence-electron chi connectivity index (χ4n) is 1.36. The molecule has 2 rings (SSSR count). The summed E-state index contributed by atoms with van der Waals surface area (Å²) in [7, 11) is 0. The second-order valence-electron chi connectivity index (χ2n) is 3.13. The van der Waals surface area contributed by atoms with Gasteiger partial charge in [-0.15, -0.1) is 0 Å². The molecule has 2 aromatic rings. The van der Waals surface area contributed by atoms with Crippen LogP contribution in [-0.2, 0) is 6.18 Å². The van der Waals surface area contributed by atoms with Gasteiger partial charge in [0, 0.05) is 6.20 Å². The normalized spacial score (nSPS) is 12.3. The highest BCUT2D eigenvalue weighted by molar-refractivity contribution is 5.48. The fourth-order valence-corrected chi connectivity index (χ4v) is 1.36. The number of rotatable bonds is 0. The molecule has 0 radical (unpaired) electrons. The van der Waals surface area contributed by atoms with Crippen molar-refractivity contribution in [2.24, 2.45) is 0 Å². The molecule has 0 atom stereocenters. The molecule has 15 heavy (non-hydrogen) atoms. The Kier molecular flexibility index (Phi) is 1.95. The van der Waals surface area contributed by atoms with Crippen LogP contribution < -0.4 is 0 Å². The van der Waals surface area contributed by atoms with Crippen LogP contribution in [0.3, 0.4) is 0 Å². The van der Waals surface area contributed by atoms with E-state index in [4.69, 9.17) is 0 Å². The Morgan fingerprint density at radius 1 is 1.33 bits per heavy atom. The minimum absolute atomic E-state index is 0.0117. The van der Waals surface area contributed by atoms with Crippen molar-refractivity contribution in [2.45, 2.75) is 13.1 Å². The molecule has 0 aliphatic rings. The minimum atomic E-state index is -4.76. The van der Waals surface area contributed by atoms with Crippen molar-refractivity contribution in [1.29, 1.82) is 0 Å². The van der Waals surface area contributed by atoms with Crippen LogP contribution in [0.25, 0.3) is 5.65 Å². The first-order chi connectivity index (χ1) is 6.91. The zero-order valence-electron chi connectivity index (χ0n) is 7.64. The second kappa shape index (κ2) is 2.95. The average molecular weight is 218 g/mol. The number of halogens is 4. The van der Waals surface area contributed by atoms with Crippen LogP contribution in [0.1, 0.15) is 11.3 Å². The van der Waals surface area contributed by atoms with Crippen molar-refractivity contribution in [3.8, 4) is 0 Å². The number of hydrogen-bond acceptors (Lipinski definition) is 1. The number of alkyl halides is 3. The van der Waals surface area contributed by atoms with E-state index in [2.05, 4.69) is 4.98 Å². The number of imidazole rings is 1. The third-order valence-corrected chi connectivity index (χ3v) is 2.06. The molecule has 0 fully saturated rings. The molecule has 2 heterocycles. The standard InChI is InChI=1S/C9H6F4N2/c1-5-3-2-4-15-7(10)6(9(11,12)13)14-8(5)15/h2-4H,1H3. The predicted molar refractivity (Wildman–Crippen MR) is 44.9 cm³/mol. The number of fused-ring (bicyclic) bond motifs is 1. The summed E-state index contributed by atoms with van der Waals surface area (Å²) >= 11 is 0. The maximum atomic E-state index is 13.3. The van der Waals surface area contributed by atoms with E-state index in [1.807, 2.05) is 0 Å². The maximum absolute atomic E-state index is 13.3. The van der Waals surface area contributed by atoms with E-state index < -0.39 is 17.8 Å². The van der Waals surface area contributed by atoms with Crippen molar-refractivity contribution < 1.29 is 17.6 Å². The van der Waals surface area contributed by atoms with Crippen molar-refractivity contribution in [3.63, 3.8) is 0 Å². The van der Waals surface area contributed by atoms with Gasteiger partial charge in [-0.1, -0.05) is 6.07 Å². The highest BCUT2D eigenvalue weighted by Gasteiger charge is 2.38. The summed E-state index contributed by atoms with van der Waals surface area (Å²) in [6.07, 6.45) is -3.55. The third kappa shape index (κ3) is 1.45. The molecule has 0 aromatic carbocycles.